The van der Waals surface area contributed by atoms with Gasteiger partial charge >= 0.3 is 6.16 Å². The molecule has 5 heteroatoms. The van der Waals surface area contributed by atoms with Gasteiger partial charge in [-0.1, -0.05) is 36.4 Å². The van der Waals surface area contributed by atoms with E-state index in [2.05, 4.69) is 0 Å². The predicted octanol–water partition coefficient (Wildman–Crippen LogP) is 5.72. The molecule has 0 aliphatic heterocycles. The van der Waals surface area contributed by atoms with E-state index in [0.717, 1.165) is 9.79 Å². The Morgan fingerprint density at radius 3 is 1.58 bits per heavy atom. The van der Waals surface area contributed by atoms with Crippen LogP contribution >= 0.6 is 10.3 Å². The Morgan fingerprint density at radius 1 is 0.750 bits per heavy atom. The highest BCUT2D eigenvalue weighted by molar-refractivity contribution is 8.30. The van der Waals surface area contributed by atoms with Gasteiger partial charge < -0.3 is 9.29 Å². The number of hydrogen-bond donors (Lipinski definition) is 1. The fourth-order valence-electron chi connectivity index (χ4n) is 2.51. The first-order chi connectivity index (χ1) is 11.6. The van der Waals surface area contributed by atoms with Crippen molar-refractivity contribution >= 4 is 16.5 Å². The molecule has 0 saturated carbocycles. The Bertz CT molecular complexity index is 781. The van der Waals surface area contributed by atoms with Gasteiger partial charge in [0.1, 0.15) is 5.82 Å². The average molecular weight is 342 g/mol. The number of carbonyl (C=O) groups is 1. The predicted molar refractivity (Wildman–Crippen MR) is 90.8 cm³/mol. The summed E-state index contributed by atoms with van der Waals surface area (Å²) in [5, 5.41) is 9.41. The molecule has 1 N–H and O–H groups in total. The van der Waals surface area contributed by atoms with E-state index >= 15 is 0 Å². The van der Waals surface area contributed by atoms with Crippen LogP contribution < -0.4 is 0 Å². The largest absolute Gasteiger partial charge is 0.517 e. The van der Waals surface area contributed by atoms with Crippen LogP contribution in [-0.4, -0.2) is 11.3 Å². The van der Waals surface area contributed by atoms with Crippen LogP contribution in [0.15, 0.2) is 99.6 Å². The maximum Gasteiger partial charge on any atom is 0.517 e. The maximum atomic E-state index is 13.4. The minimum atomic E-state index is -2.51. The van der Waals surface area contributed by atoms with Crippen LogP contribution in [0.4, 0.5) is 9.18 Å². The summed E-state index contributed by atoms with van der Waals surface area (Å²) in [5.41, 5.74) is 0. The molecule has 3 rings (SSSR count). The van der Waals surface area contributed by atoms with Gasteiger partial charge in [-0.25, -0.2) is 9.18 Å². The van der Waals surface area contributed by atoms with Crippen LogP contribution in [-0.2, 0) is 4.18 Å². The Hall–Kier alpha value is -2.79. The molecule has 0 amide bonds. The van der Waals surface area contributed by atoms with E-state index in [1.165, 1.54) is 12.1 Å². The first-order valence-electron chi connectivity index (χ1n) is 7.24. The molecule has 0 saturated heterocycles. The maximum absolute atomic E-state index is 13.4. The summed E-state index contributed by atoms with van der Waals surface area (Å²) in [5.74, 6) is -0.386. The first kappa shape index (κ1) is 16.1. The molecule has 24 heavy (non-hydrogen) atoms. The lowest BCUT2D eigenvalue weighted by atomic mass is 10.3. The molecular formula is C19H15FO3S. The summed E-state index contributed by atoms with van der Waals surface area (Å²) in [7, 11) is -2.51. The number of halogens is 1. The van der Waals surface area contributed by atoms with Crippen LogP contribution in [0.1, 0.15) is 0 Å². The highest BCUT2D eigenvalue weighted by atomic mass is 32.3. The van der Waals surface area contributed by atoms with Crippen LogP contribution in [0.3, 0.4) is 0 Å². The van der Waals surface area contributed by atoms with E-state index < -0.39 is 16.5 Å². The van der Waals surface area contributed by atoms with E-state index in [-0.39, 0.29) is 5.82 Å². The van der Waals surface area contributed by atoms with Gasteiger partial charge in [-0.3, -0.25) is 0 Å². The monoisotopic (exact) mass is 342 g/mol. The fourth-order valence-corrected chi connectivity index (χ4v) is 5.43. The molecule has 3 aromatic rings. The third kappa shape index (κ3) is 2.98. The zero-order chi connectivity index (χ0) is 17.0. The highest BCUT2D eigenvalue weighted by Crippen LogP contribution is 2.69. The molecule has 0 aliphatic carbocycles. The van der Waals surface area contributed by atoms with Crippen LogP contribution in [0.5, 0.6) is 0 Å². The summed E-state index contributed by atoms with van der Waals surface area (Å²) in [6.45, 7) is 0. The van der Waals surface area contributed by atoms with Crippen molar-refractivity contribution in [3.8, 4) is 0 Å². The topological polar surface area (TPSA) is 46.5 Å². The number of benzene rings is 3. The van der Waals surface area contributed by atoms with Crippen molar-refractivity contribution in [3.05, 3.63) is 90.7 Å². The Morgan fingerprint density at radius 2 is 1.17 bits per heavy atom. The number of hydrogen-bond acceptors (Lipinski definition) is 2. The van der Waals surface area contributed by atoms with Crippen molar-refractivity contribution < 1.29 is 18.5 Å². The Labute approximate surface area is 140 Å². The summed E-state index contributed by atoms with van der Waals surface area (Å²) in [4.78, 5) is 13.6. The van der Waals surface area contributed by atoms with Crippen LogP contribution in [0, 0.1) is 5.82 Å². The van der Waals surface area contributed by atoms with Gasteiger partial charge in [0.15, 0.2) is 0 Å². The zero-order valence-corrected chi connectivity index (χ0v) is 13.4. The van der Waals surface area contributed by atoms with Crippen molar-refractivity contribution in [3.63, 3.8) is 0 Å². The van der Waals surface area contributed by atoms with Crippen molar-refractivity contribution in [2.75, 3.05) is 0 Å². The van der Waals surface area contributed by atoms with Crippen LogP contribution in [0.2, 0.25) is 0 Å². The normalized spacial score (nSPS) is 11.7. The molecule has 0 fully saturated rings. The molecule has 3 nitrogen and oxygen atoms in total. The van der Waals surface area contributed by atoms with Crippen molar-refractivity contribution in [1.82, 2.24) is 0 Å². The van der Waals surface area contributed by atoms with Gasteiger partial charge in [-0.2, -0.15) is 0 Å². The lowest BCUT2D eigenvalue weighted by molar-refractivity contribution is 0.150. The van der Waals surface area contributed by atoms with E-state index in [1.54, 1.807) is 12.1 Å². The molecule has 122 valence electrons. The summed E-state index contributed by atoms with van der Waals surface area (Å²) in [6, 6.07) is 24.1. The summed E-state index contributed by atoms with van der Waals surface area (Å²) >= 11 is 0. The molecule has 0 radical (unpaired) electrons. The number of rotatable bonds is 4. The van der Waals surface area contributed by atoms with Crippen molar-refractivity contribution in [2.24, 2.45) is 0 Å². The van der Waals surface area contributed by atoms with Gasteiger partial charge in [0.05, 0.1) is 0 Å². The van der Waals surface area contributed by atoms with Crippen molar-refractivity contribution in [1.29, 1.82) is 0 Å². The van der Waals surface area contributed by atoms with Gasteiger partial charge in [0.25, 0.3) is 0 Å². The zero-order valence-electron chi connectivity index (χ0n) is 12.6. The van der Waals surface area contributed by atoms with E-state index in [9.17, 15) is 14.3 Å². The fraction of sp³-hybridized carbons (Fsp3) is 0. The van der Waals surface area contributed by atoms with Gasteiger partial charge in [-0.05, 0) is 58.8 Å². The standard InChI is InChI=1S/C19H15FO3S/c20-15-11-13-18(14-12-15)24(23-19(21)22,16-7-3-1-4-8-16)17-9-5-2-6-10-17/h1-14H,(H,21,22). The Kier molecular flexibility index (Phi) is 4.53. The SMILES string of the molecule is O=C(O)OS(c1ccccc1)(c1ccccc1)c1ccc(F)cc1. The smallest absolute Gasteiger partial charge is 0.449 e. The quantitative estimate of drug-likeness (QED) is 0.660. The molecular weight excluding hydrogens is 327 g/mol. The lowest BCUT2D eigenvalue weighted by Gasteiger charge is -2.38. The van der Waals surface area contributed by atoms with Gasteiger partial charge in [0, 0.05) is 14.7 Å². The molecule has 0 atom stereocenters. The summed E-state index contributed by atoms with van der Waals surface area (Å²) in [6.07, 6.45) is -1.37. The second-order valence-corrected chi connectivity index (χ2v) is 7.68. The molecule has 0 aliphatic rings. The molecule has 0 aromatic heterocycles. The molecule has 0 unspecified atom stereocenters. The minimum absolute atomic E-state index is 0.386. The van der Waals surface area contributed by atoms with Crippen molar-refractivity contribution in [2.45, 2.75) is 14.7 Å². The molecule has 0 bridgehead atoms. The second-order valence-electron chi connectivity index (χ2n) is 4.99. The lowest BCUT2D eigenvalue weighted by Crippen LogP contribution is -2.12. The van der Waals surface area contributed by atoms with E-state index in [0.29, 0.717) is 4.90 Å². The first-order valence-corrected chi connectivity index (χ1v) is 8.80. The molecule has 0 spiro atoms. The second kappa shape index (κ2) is 6.76. The van der Waals surface area contributed by atoms with Gasteiger partial charge in [0.2, 0.25) is 0 Å². The van der Waals surface area contributed by atoms with E-state index in [1.807, 2.05) is 60.7 Å². The summed E-state index contributed by atoms with van der Waals surface area (Å²) < 4.78 is 18.9. The molecule has 0 heterocycles. The average Bonchev–Trinajstić information content (AvgIpc) is 2.62. The third-order valence-corrected chi connectivity index (χ3v) is 6.69. The van der Waals surface area contributed by atoms with E-state index in [4.69, 9.17) is 4.18 Å². The molecule has 3 aromatic carbocycles. The van der Waals surface area contributed by atoms with Crippen LogP contribution in [0.25, 0.3) is 0 Å². The number of carboxylic acid groups (broad SMARTS) is 1. The third-order valence-electron chi connectivity index (χ3n) is 3.49. The van der Waals surface area contributed by atoms with Gasteiger partial charge in [-0.15, -0.1) is 0 Å². The Balaban J connectivity index is 2.32. The highest BCUT2D eigenvalue weighted by Gasteiger charge is 2.35. The minimum Gasteiger partial charge on any atom is -0.449 e.